The number of nitrogens with zero attached hydrogens (tertiary/aromatic N) is 3. The maximum Gasteiger partial charge on any atom is 0.278 e. The first-order valence-corrected chi connectivity index (χ1v) is 7.51. The van der Waals surface area contributed by atoms with Crippen LogP contribution in [0.2, 0.25) is 0 Å². The van der Waals surface area contributed by atoms with Gasteiger partial charge in [-0.15, -0.1) is 5.10 Å². The molecule has 1 amide bonds. The van der Waals surface area contributed by atoms with Gasteiger partial charge < -0.3 is 5.32 Å². The van der Waals surface area contributed by atoms with E-state index in [0.29, 0.717) is 23.0 Å². The molecule has 0 radical (unpaired) electrons. The molecule has 0 saturated carbocycles. The second-order valence-electron chi connectivity index (χ2n) is 5.28. The van der Waals surface area contributed by atoms with Gasteiger partial charge in [0.25, 0.3) is 5.56 Å². The number of hydrogen-bond acceptors (Lipinski definition) is 4. The molecule has 2 aromatic carbocycles. The number of aromatic nitrogens is 3. The van der Waals surface area contributed by atoms with E-state index >= 15 is 0 Å². The third-order valence-corrected chi connectivity index (χ3v) is 3.67. The highest BCUT2D eigenvalue weighted by molar-refractivity contribution is 5.93. The molecular formula is C17H15FN4O2. The van der Waals surface area contributed by atoms with Crippen LogP contribution in [0.25, 0.3) is 10.9 Å². The normalized spacial score (nSPS) is 12.1. The third kappa shape index (κ3) is 3.01. The molecule has 0 aliphatic heterocycles. The molecule has 0 bridgehead atoms. The maximum atomic E-state index is 13.2. The van der Waals surface area contributed by atoms with Crippen LogP contribution in [0.1, 0.15) is 19.4 Å². The molecule has 0 fully saturated rings. The van der Waals surface area contributed by atoms with Gasteiger partial charge in [-0.05, 0) is 36.8 Å². The highest BCUT2D eigenvalue weighted by atomic mass is 19.1. The van der Waals surface area contributed by atoms with Crippen LogP contribution in [0.4, 0.5) is 10.1 Å². The Bertz CT molecular complexity index is 954. The molecule has 1 N–H and O–H groups in total. The van der Waals surface area contributed by atoms with Crippen molar-refractivity contribution in [3.05, 3.63) is 64.7 Å². The molecule has 0 aliphatic rings. The van der Waals surface area contributed by atoms with Gasteiger partial charge in [-0.3, -0.25) is 9.59 Å². The molecule has 3 rings (SSSR count). The van der Waals surface area contributed by atoms with Gasteiger partial charge in [0, 0.05) is 5.69 Å². The number of carbonyl (C=O) groups excluding carboxylic acids is 1. The zero-order valence-electron chi connectivity index (χ0n) is 12.9. The van der Waals surface area contributed by atoms with E-state index in [1.807, 2.05) is 0 Å². The minimum Gasteiger partial charge on any atom is -0.324 e. The van der Waals surface area contributed by atoms with Gasteiger partial charge in [0.2, 0.25) is 5.91 Å². The molecule has 1 atom stereocenters. The van der Waals surface area contributed by atoms with Crippen LogP contribution in [0.15, 0.2) is 53.3 Å². The van der Waals surface area contributed by atoms with Crippen molar-refractivity contribution in [2.45, 2.75) is 19.4 Å². The van der Waals surface area contributed by atoms with Crippen LogP contribution in [0.3, 0.4) is 0 Å². The van der Waals surface area contributed by atoms with E-state index in [9.17, 15) is 14.0 Å². The lowest BCUT2D eigenvalue weighted by Crippen LogP contribution is -2.35. The molecule has 0 saturated heterocycles. The van der Waals surface area contributed by atoms with Crippen molar-refractivity contribution in [1.29, 1.82) is 0 Å². The number of anilines is 1. The van der Waals surface area contributed by atoms with Crippen molar-refractivity contribution in [2.75, 3.05) is 5.32 Å². The van der Waals surface area contributed by atoms with E-state index in [4.69, 9.17) is 0 Å². The summed E-state index contributed by atoms with van der Waals surface area (Å²) in [4.78, 5) is 25.0. The molecular weight excluding hydrogens is 311 g/mol. The zero-order valence-corrected chi connectivity index (χ0v) is 12.9. The second kappa shape index (κ2) is 6.57. The van der Waals surface area contributed by atoms with Crippen LogP contribution in [-0.4, -0.2) is 20.9 Å². The fourth-order valence-corrected chi connectivity index (χ4v) is 2.47. The van der Waals surface area contributed by atoms with E-state index in [1.54, 1.807) is 37.3 Å². The second-order valence-corrected chi connectivity index (χ2v) is 5.28. The van der Waals surface area contributed by atoms with Crippen LogP contribution >= 0.6 is 0 Å². The summed E-state index contributed by atoms with van der Waals surface area (Å²) >= 11 is 0. The number of halogens is 1. The molecule has 24 heavy (non-hydrogen) atoms. The lowest BCUT2D eigenvalue weighted by molar-refractivity contribution is -0.119. The van der Waals surface area contributed by atoms with Crippen molar-refractivity contribution in [3.8, 4) is 0 Å². The largest absolute Gasteiger partial charge is 0.324 e. The predicted molar refractivity (Wildman–Crippen MR) is 88.2 cm³/mol. The molecule has 6 nitrogen and oxygen atoms in total. The quantitative estimate of drug-likeness (QED) is 0.799. The van der Waals surface area contributed by atoms with Crippen LogP contribution in [0.5, 0.6) is 0 Å². The molecule has 0 aliphatic carbocycles. The Morgan fingerprint density at radius 1 is 1.25 bits per heavy atom. The molecule has 0 spiro atoms. The van der Waals surface area contributed by atoms with Gasteiger partial charge in [-0.1, -0.05) is 30.3 Å². The number of rotatable bonds is 4. The van der Waals surface area contributed by atoms with Crippen molar-refractivity contribution in [1.82, 2.24) is 15.0 Å². The summed E-state index contributed by atoms with van der Waals surface area (Å²) in [6.45, 7) is 1.76. The Balaban J connectivity index is 1.95. The smallest absolute Gasteiger partial charge is 0.278 e. The summed E-state index contributed by atoms with van der Waals surface area (Å²) in [6, 6.07) is 11.5. The Kier molecular flexibility index (Phi) is 4.33. The number of benzene rings is 2. The summed E-state index contributed by atoms with van der Waals surface area (Å²) in [7, 11) is 0. The predicted octanol–water partition coefficient (Wildman–Crippen LogP) is 2.52. The summed E-state index contributed by atoms with van der Waals surface area (Å²) in [6.07, 6.45) is 0.341. The van der Waals surface area contributed by atoms with Gasteiger partial charge in [-0.25, -0.2) is 4.39 Å². The first kappa shape index (κ1) is 15.8. The van der Waals surface area contributed by atoms with E-state index < -0.39 is 17.8 Å². The van der Waals surface area contributed by atoms with Crippen LogP contribution < -0.4 is 10.9 Å². The van der Waals surface area contributed by atoms with Crippen molar-refractivity contribution in [2.24, 2.45) is 0 Å². The third-order valence-electron chi connectivity index (χ3n) is 3.67. The molecule has 0 unspecified atom stereocenters. The molecule has 7 heteroatoms. The molecule has 122 valence electrons. The average Bonchev–Trinajstić information content (AvgIpc) is 2.58. The standard InChI is InChI=1S/C17H15FN4O2/c1-2-15(16(23)19-12-7-5-6-11(18)10-12)22-17(24)13-8-3-4-9-14(13)20-21-22/h3-10,15H,2H2,1H3,(H,19,23)/t15-/m0/s1. The van der Waals surface area contributed by atoms with Gasteiger partial charge >= 0.3 is 0 Å². The van der Waals surface area contributed by atoms with Crippen molar-refractivity contribution >= 4 is 22.5 Å². The number of fused-ring (bicyclic) bond motifs is 1. The number of amides is 1. The van der Waals surface area contributed by atoms with Crippen molar-refractivity contribution in [3.63, 3.8) is 0 Å². The van der Waals surface area contributed by atoms with Crippen molar-refractivity contribution < 1.29 is 9.18 Å². The van der Waals surface area contributed by atoms with Crippen LogP contribution in [-0.2, 0) is 4.79 Å². The number of nitrogens with one attached hydrogen (secondary N) is 1. The Morgan fingerprint density at radius 3 is 2.79 bits per heavy atom. The first-order valence-electron chi connectivity index (χ1n) is 7.51. The maximum absolute atomic E-state index is 13.2. The monoisotopic (exact) mass is 326 g/mol. The number of carbonyl (C=O) groups is 1. The summed E-state index contributed by atoms with van der Waals surface area (Å²) in [5.74, 6) is -0.904. The van der Waals surface area contributed by atoms with E-state index in [1.165, 1.54) is 18.2 Å². The summed E-state index contributed by atoms with van der Waals surface area (Å²) in [5.41, 5.74) is 0.404. The number of hydrogen-bond donors (Lipinski definition) is 1. The van der Waals surface area contributed by atoms with Gasteiger partial charge in [0.05, 0.1) is 5.39 Å². The van der Waals surface area contributed by atoms with Gasteiger partial charge in [0.1, 0.15) is 17.4 Å². The van der Waals surface area contributed by atoms with E-state index in [-0.39, 0.29) is 5.56 Å². The Hall–Kier alpha value is -3.09. The lowest BCUT2D eigenvalue weighted by atomic mass is 10.2. The van der Waals surface area contributed by atoms with Gasteiger partial charge in [0.15, 0.2) is 0 Å². The van der Waals surface area contributed by atoms with Gasteiger partial charge in [-0.2, -0.15) is 4.68 Å². The van der Waals surface area contributed by atoms with Crippen LogP contribution in [0, 0.1) is 5.82 Å². The van der Waals surface area contributed by atoms with E-state index in [0.717, 1.165) is 4.68 Å². The summed E-state index contributed by atoms with van der Waals surface area (Å²) in [5, 5.41) is 10.9. The fourth-order valence-electron chi connectivity index (χ4n) is 2.47. The molecule has 1 heterocycles. The summed E-state index contributed by atoms with van der Waals surface area (Å²) < 4.78 is 14.3. The highest BCUT2D eigenvalue weighted by Gasteiger charge is 2.22. The molecule has 1 aromatic heterocycles. The fraction of sp³-hybridized carbons (Fsp3) is 0.176. The highest BCUT2D eigenvalue weighted by Crippen LogP contribution is 2.15. The Morgan fingerprint density at radius 2 is 2.04 bits per heavy atom. The minimum absolute atomic E-state index is 0.320. The van der Waals surface area contributed by atoms with E-state index in [2.05, 4.69) is 15.6 Å². The first-order chi connectivity index (χ1) is 11.6. The zero-order chi connectivity index (χ0) is 17.1. The topological polar surface area (TPSA) is 76.9 Å². The average molecular weight is 326 g/mol. The lowest BCUT2D eigenvalue weighted by Gasteiger charge is -2.16. The Labute approximate surface area is 136 Å². The minimum atomic E-state index is -0.835. The molecule has 3 aromatic rings. The SMILES string of the molecule is CC[C@@H](C(=O)Nc1cccc(F)c1)n1nnc2ccccc2c1=O.